The quantitative estimate of drug-likeness (QED) is 0.842. The summed E-state index contributed by atoms with van der Waals surface area (Å²) in [6.07, 6.45) is 6.11. The van der Waals surface area contributed by atoms with Gasteiger partial charge in [0.05, 0.1) is 4.34 Å². The molecule has 1 amide bonds. The van der Waals surface area contributed by atoms with Gasteiger partial charge in [0.2, 0.25) is 5.91 Å². The number of halogens is 1. The minimum Gasteiger partial charge on any atom is -0.481 e. The van der Waals surface area contributed by atoms with Crippen molar-refractivity contribution in [2.75, 3.05) is 13.1 Å². The Kier molecular flexibility index (Phi) is 5.82. The van der Waals surface area contributed by atoms with Crippen LogP contribution in [0.1, 0.15) is 30.6 Å². The van der Waals surface area contributed by atoms with Gasteiger partial charge in [-0.15, -0.1) is 11.3 Å². The Morgan fingerprint density at radius 1 is 1.48 bits per heavy atom. The molecule has 4 nitrogen and oxygen atoms in total. The zero-order valence-electron chi connectivity index (χ0n) is 11.6. The minimum absolute atomic E-state index is 0.0143. The molecule has 1 fully saturated rings. The third-order valence-corrected chi connectivity index (χ3v) is 4.78. The second kappa shape index (κ2) is 7.61. The first-order chi connectivity index (χ1) is 10.0. The molecule has 0 spiro atoms. The fourth-order valence-corrected chi connectivity index (χ4v) is 3.47. The SMILES string of the molecule is O=C(O)CC[C@@H]1CCCN(C(=O)/C=C/c2ccc(Cl)s2)C1. The van der Waals surface area contributed by atoms with Gasteiger partial charge in [0, 0.05) is 30.5 Å². The number of rotatable bonds is 5. The van der Waals surface area contributed by atoms with Gasteiger partial charge >= 0.3 is 5.97 Å². The lowest BCUT2D eigenvalue weighted by Crippen LogP contribution is -2.39. The molecule has 0 aromatic carbocycles. The molecule has 1 aliphatic heterocycles. The predicted octanol–water partition coefficient (Wildman–Crippen LogP) is 3.52. The van der Waals surface area contributed by atoms with Crippen molar-refractivity contribution in [1.82, 2.24) is 4.90 Å². The van der Waals surface area contributed by atoms with Crippen molar-refractivity contribution < 1.29 is 14.7 Å². The van der Waals surface area contributed by atoms with Gasteiger partial charge in [-0.05, 0) is 43.4 Å². The van der Waals surface area contributed by atoms with Crippen molar-refractivity contribution in [3.8, 4) is 0 Å². The highest BCUT2D eigenvalue weighted by Crippen LogP contribution is 2.23. The van der Waals surface area contributed by atoms with Gasteiger partial charge in [-0.3, -0.25) is 9.59 Å². The molecule has 21 heavy (non-hydrogen) atoms. The van der Waals surface area contributed by atoms with Crippen LogP contribution >= 0.6 is 22.9 Å². The number of piperidine rings is 1. The highest BCUT2D eigenvalue weighted by Gasteiger charge is 2.22. The molecule has 1 saturated heterocycles. The van der Waals surface area contributed by atoms with Crippen molar-refractivity contribution >= 4 is 40.9 Å². The van der Waals surface area contributed by atoms with Gasteiger partial charge < -0.3 is 10.0 Å². The number of carboxylic acid groups (broad SMARTS) is 1. The van der Waals surface area contributed by atoms with Gasteiger partial charge in [-0.1, -0.05) is 11.6 Å². The standard InChI is InChI=1S/C15H18ClNO3S/c16-13-6-4-12(21-13)5-7-14(18)17-9-1-2-11(10-17)3-8-15(19)20/h4-7,11H,1-3,8-10H2,(H,19,20)/b7-5+/t11-/m0/s1. The van der Waals surface area contributed by atoms with Crippen molar-refractivity contribution in [2.24, 2.45) is 5.92 Å². The molecule has 1 aromatic heterocycles. The summed E-state index contributed by atoms with van der Waals surface area (Å²) in [7, 11) is 0. The van der Waals surface area contributed by atoms with E-state index in [-0.39, 0.29) is 12.3 Å². The van der Waals surface area contributed by atoms with E-state index < -0.39 is 5.97 Å². The van der Waals surface area contributed by atoms with Crippen molar-refractivity contribution in [2.45, 2.75) is 25.7 Å². The molecular weight excluding hydrogens is 310 g/mol. The number of nitrogens with zero attached hydrogens (tertiary/aromatic N) is 1. The topological polar surface area (TPSA) is 57.6 Å². The van der Waals surface area contributed by atoms with E-state index in [0.717, 1.165) is 24.3 Å². The van der Waals surface area contributed by atoms with Crippen molar-refractivity contribution in [1.29, 1.82) is 0 Å². The van der Waals surface area contributed by atoms with Crippen LogP contribution < -0.4 is 0 Å². The van der Waals surface area contributed by atoms with Crippen LogP contribution in [0.2, 0.25) is 4.34 Å². The number of aliphatic carboxylic acids is 1. The highest BCUT2D eigenvalue weighted by atomic mass is 35.5. The van der Waals surface area contributed by atoms with Crippen LogP contribution in [0.4, 0.5) is 0 Å². The lowest BCUT2D eigenvalue weighted by Gasteiger charge is -2.31. The lowest BCUT2D eigenvalue weighted by molar-refractivity contribution is -0.137. The van der Waals surface area contributed by atoms with E-state index in [1.165, 1.54) is 11.3 Å². The average molecular weight is 328 g/mol. The zero-order chi connectivity index (χ0) is 15.2. The number of hydrogen-bond donors (Lipinski definition) is 1. The van der Waals surface area contributed by atoms with E-state index in [1.807, 2.05) is 11.0 Å². The predicted molar refractivity (Wildman–Crippen MR) is 84.5 cm³/mol. The molecule has 0 saturated carbocycles. The first-order valence-corrected chi connectivity index (χ1v) is 8.18. The minimum atomic E-state index is -0.770. The normalized spacial score (nSPS) is 19.1. The van der Waals surface area contributed by atoms with E-state index in [1.54, 1.807) is 18.2 Å². The Morgan fingerprint density at radius 3 is 2.95 bits per heavy atom. The van der Waals surface area contributed by atoms with E-state index in [0.29, 0.717) is 23.2 Å². The van der Waals surface area contributed by atoms with E-state index in [4.69, 9.17) is 16.7 Å². The molecule has 0 radical (unpaired) electrons. The fraction of sp³-hybridized carbons (Fsp3) is 0.467. The molecule has 1 aliphatic rings. The van der Waals surface area contributed by atoms with Crippen LogP contribution in [0.5, 0.6) is 0 Å². The molecule has 6 heteroatoms. The summed E-state index contributed by atoms with van der Waals surface area (Å²) in [4.78, 5) is 25.5. The maximum absolute atomic E-state index is 12.2. The van der Waals surface area contributed by atoms with Crippen LogP contribution in [0.3, 0.4) is 0 Å². The number of carbonyl (C=O) groups excluding carboxylic acids is 1. The number of likely N-dealkylation sites (tertiary alicyclic amines) is 1. The van der Waals surface area contributed by atoms with Gasteiger partial charge in [0.25, 0.3) is 0 Å². The summed E-state index contributed by atoms with van der Waals surface area (Å²) in [5.74, 6) is -0.490. The Bertz CT molecular complexity index is 541. The Hall–Kier alpha value is -1.33. The third-order valence-electron chi connectivity index (χ3n) is 3.58. The van der Waals surface area contributed by atoms with Crippen LogP contribution in [0, 0.1) is 5.92 Å². The molecular formula is C15H18ClNO3S. The molecule has 2 heterocycles. The van der Waals surface area contributed by atoms with Crippen molar-refractivity contribution in [3.05, 3.63) is 27.4 Å². The fourth-order valence-electron chi connectivity index (χ4n) is 2.51. The van der Waals surface area contributed by atoms with E-state index in [2.05, 4.69) is 0 Å². The molecule has 1 aromatic rings. The third kappa shape index (κ3) is 5.17. The van der Waals surface area contributed by atoms with Gasteiger partial charge in [0.1, 0.15) is 0 Å². The largest absolute Gasteiger partial charge is 0.481 e. The van der Waals surface area contributed by atoms with Crippen LogP contribution in [-0.4, -0.2) is 35.0 Å². The van der Waals surface area contributed by atoms with Crippen LogP contribution in [0.25, 0.3) is 6.08 Å². The number of amides is 1. The number of hydrogen-bond acceptors (Lipinski definition) is 3. The second-order valence-corrected chi connectivity index (χ2v) is 6.95. The molecule has 2 rings (SSSR count). The van der Waals surface area contributed by atoms with Crippen LogP contribution in [-0.2, 0) is 9.59 Å². The maximum atomic E-state index is 12.2. The summed E-state index contributed by atoms with van der Waals surface area (Å²) in [6, 6.07) is 3.68. The van der Waals surface area contributed by atoms with Crippen molar-refractivity contribution in [3.63, 3.8) is 0 Å². The first-order valence-electron chi connectivity index (χ1n) is 6.98. The zero-order valence-corrected chi connectivity index (χ0v) is 13.2. The van der Waals surface area contributed by atoms with E-state index >= 15 is 0 Å². The smallest absolute Gasteiger partial charge is 0.303 e. The Morgan fingerprint density at radius 2 is 2.29 bits per heavy atom. The maximum Gasteiger partial charge on any atom is 0.303 e. The van der Waals surface area contributed by atoms with Gasteiger partial charge in [0.15, 0.2) is 0 Å². The summed E-state index contributed by atoms with van der Waals surface area (Å²) in [5.41, 5.74) is 0. The summed E-state index contributed by atoms with van der Waals surface area (Å²) in [6.45, 7) is 1.40. The molecule has 114 valence electrons. The molecule has 1 atom stereocenters. The van der Waals surface area contributed by atoms with Crippen LogP contribution in [0.15, 0.2) is 18.2 Å². The molecule has 1 N–H and O–H groups in total. The molecule has 0 unspecified atom stereocenters. The Balaban J connectivity index is 1.86. The number of carboxylic acids is 1. The Labute approximate surface area is 133 Å². The summed E-state index contributed by atoms with van der Waals surface area (Å²) >= 11 is 7.28. The molecule has 0 aliphatic carbocycles. The number of thiophene rings is 1. The van der Waals surface area contributed by atoms with E-state index in [9.17, 15) is 9.59 Å². The second-order valence-electron chi connectivity index (χ2n) is 5.20. The lowest BCUT2D eigenvalue weighted by atomic mass is 9.93. The highest BCUT2D eigenvalue weighted by molar-refractivity contribution is 7.17. The first kappa shape index (κ1) is 16.0. The average Bonchev–Trinajstić information content (AvgIpc) is 2.88. The number of carbonyl (C=O) groups is 2. The summed E-state index contributed by atoms with van der Waals surface area (Å²) in [5, 5.41) is 8.73. The monoisotopic (exact) mass is 327 g/mol. The van der Waals surface area contributed by atoms with Gasteiger partial charge in [-0.25, -0.2) is 0 Å². The molecule has 0 bridgehead atoms. The summed E-state index contributed by atoms with van der Waals surface area (Å²) < 4.78 is 0.703. The van der Waals surface area contributed by atoms with Gasteiger partial charge in [-0.2, -0.15) is 0 Å².